The molecular formula is C15H19N3O4. The molecule has 1 aromatic rings. The van der Waals surface area contributed by atoms with Gasteiger partial charge < -0.3 is 10.2 Å². The van der Waals surface area contributed by atoms with Gasteiger partial charge in [-0.25, -0.2) is 0 Å². The Morgan fingerprint density at radius 1 is 1.23 bits per heavy atom. The smallest absolute Gasteiger partial charge is 0.269 e. The number of nitro groups is 1. The number of rotatable bonds is 7. The van der Waals surface area contributed by atoms with Crippen molar-refractivity contribution in [3.8, 4) is 0 Å². The van der Waals surface area contributed by atoms with E-state index >= 15 is 0 Å². The van der Waals surface area contributed by atoms with Crippen LogP contribution in [0.3, 0.4) is 0 Å². The summed E-state index contributed by atoms with van der Waals surface area (Å²) in [6.45, 7) is 4.90. The minimum atomic E-state index is -0.487. The van der Waals surface area contributed by atoms with Gasteiger partial charge in [-0.1, -0.05) is 0 Å². The van der Waals surface area contributed by atoms with Crippen molar-refractivity contribution < 1.29 is 14.5 Å². The summed E-state index contributed by atoms with van der Waals surface area (Å²) in [5.41, 5.74) is 0.655. The molecule has 7 nitrogen and oxygen atoms in total. The molecule has 0 unspecified atom stereocenters. The van der Waals surface area contributed by atoms with Crippen molar-refractivity contribution in [2.75, 3.05) is 19.6 Å². The average Bonchev–Trinajstić information content (AvgIpc) is 2.52. The van der Waals surface area contributed by atoms with Crippen molar-refractivity contribution in [3.63, 3.8) is 0 Å². The van der Waals surface area contributed by atoms with Gasteiger partial charge in [-0.2, -0.15) is 0 Å². The Labute approximate surface area is 128 Å². The molecule has 2 amide bonds. The van der Waals surface area contributed by atoms with E-state index in [-0.39, 0.29) is 24.0 Å². The lowest BCUT2D eigenvalue weighted by Crippen LogP contribution is -2.39. The molecular weight excluding hydrogens is 286 g/mol. The van der Waals surface area contributed by atoms with E-state index in [1.165, 1.54) is 24.3 Å². The molecule has 1 rings (SSSR count). The van der Waals surface area contributed by atoms with Crippen LogP contribution in [0.1, 0.15) is 19.4 Å². The third-order valence-electron chi connectivity index (χ3n) is 3.06. The summed E-state index contributed by atoms with van der Waals surface area (Å²) in [5.74, 6) is -0.527. The van der Waals surface area contributed by atoms with Gasteiger partial charge in [0.1, 0.15) is 0 Å². The van der Waals surface area contributed by atoms with Crippen molar-refractivity contribution in [2.45, 2.75) is 13.8 Å². The Balaban J connectivity index is 2.50. The third kappa shape index (κ3) is 5.35. The third-order valence-corrected chi connectivity index (χ3v) is 3.06. The second-order valence-electron chi connectivity index (χ2n) is 4.47. The number of nitro benzene ring substituents is 1. The van der Waals surface area contributed by atoms with Gasteiger partial charge in [0.15, 0.2) is 0 Å². The van der Waals surface area contributed by atoms with Crippen molar-refractivity contribution >= 4 is 23.6 Å². The van der Waals surface area contributed by atoms with E-state index in [1.807, 2.05) is 13.8 Å². The van der Waals surface area contributed by atoms with Gasteiger partial charge in [0.05, 0.1) is 11.5 Å². The molecule has 7 heteroatoms. The fraction of sp³-hybridized carbons (Fsp3) is 0.333. The summed E-state index contributed by atoms with van der Waals surface area (Å²) in [4.78, 5) is 35.0. The van der Waals surface area contributed by atoms with E-state index in [0.717, 1.165) is 0 Å². The number of non-ortho nitro benzene ring substituents is 1. The summed E-state index contributed by atoms with van der Waals surface area (Å²) in [6, 6.07) is 5.81. The topological polar surface area (TPSA) is 92.6 Å². The van der Waals surface area contributed by atoms with Crippen molar-refractivity contribution in [3.05, 3.63) is 46.0 Å². The molecule has 0 atom stereocenters. The summed E-state index contributed by atoms with van der Waals surface area (Å²) >= 11 is 0. The largest absolute Gasteiger partial charge is 0.343 e. The molecule has 1 N–H and O–H groups in total. The number of carbonyl (C=O) groups is 2. The number of benzene rings is 1. The predicted molar refractivity (Wildman–Crippen MR) is 83.1 cm³/mol. The highest BCUT2D eigenvalue weighted by Gasteiger charge is 2.09. The van der Waals surface area contributed by atoms with Gasteiger partial charge in [0, 0.05) is 31.3 Å². The first-order chi connectivity index (χ1) is 10.5. The highest BCUT2D eigenvalue weighted by Crippen LogP contribution is 2.12. The van der Waals surface area contributed by atoms with Crippen LogP contribution in [-0.2, 0) is 9.59 Å². The van der Waals surface area contributed by atoms with E-state index < -0.39 is 4.92 Å². The summed E-state index contributed by atoms with van der Waals surface area (Å²) in [6.07, 6.45) is 2.82. The fourth-order valence-corrected chi connectivity index (χ4v) is 1.79. The number of amides is 2. The normalized spacial score (nSPS) is 10.5. The Hall–Kier alpha value is -2.70. The molecule has 1 aromatic carbocycles. The van der Waals surface area contributed by atoms with Crippen LogP contribution in [-0.4, -0.2) is 41.3 Å². The minimum absolute atomic E-state index is 0.00794. The van der Waals surface area contributed by atoms with Crippen LogP contribution in [0.15, 0.2) is 30.3 Å². The number of nitrogens with one attached hydrogen (secondary N) is 1. The Kier molecular flexibility index (Phi) is 6.75. The fourth-order valence-electron chi connectivity index (χ4n) is 1.79. The van der Waals surface area contributed by atoms with Crippen LogP contribution >= 0.6 is 0 Å². The summed E-state index contributed by atoms with van der Waals surface area (Å²) in [7, 11) is 0. The molecule has 0 aliphatic rings. The number of nitrogens with zero attached hydrogens (tertiary/aromatic N) is 2. The number of hydrogen-bond acceptors (Lipinski definition) is 4. The van der Waals surface area contributed by atoms with E-state index in [9.17, 15) is 19.7 Å². The second kappa shape index (κ2) is 8.56. The highest BCUT2D eigenvalue weighted by atomic mass is 16.6. The van der Waals surface area contributed by atoms with Gasteiger partial charge in [-0.3, -0.25) is 19.7 Å². The molecule has 0 saturated heterocycles. The van der Waals surface area contributed by atoms with E-state index in [4.69, 9.17) is 0 Å². The first-order valence-electron chi connectivity index (χ1n) is 6.96. The molecule has 0 saturated carbocycles. The molecule has 0 aromatic heterocycles. The van der Waals surface area contributed by atoms with E-state index in [2.05, 4.69) is 5.32 Å². The van der Waals surface area contributed by atoms with Gasteiger partial charge in [0.25, 0.3) is 5.69 Å². The second-order valence-corrected chi connectivity index (χ2v) is 4.47. The molecule has 0 fully saturated rings. The molecule has 0 aliphatic heterocycles. The predicted octanol–water partition coefficient (Wildman–Crippen LogP) is 1.59. The number of likely N-dealkylation sites (N-methyl/N-ethyl adjacent to an activating group) is 1. The molecule has 22 heavy (non-hydrogen) atoms. The van der Waals surface area contributed by atoms with Crippen molar-refractivity contribution in [1.29, 1.82) is 0 Å². The van der Waals surface area contributed by atoms with Gasteiger partial charge in [-0.15, -0.1) is 0 Å². The van der Waals surface area contributed by atoms with Gasteiger partial charge in [-0.05, 0) is 37.6 Å². The quantitative estimate of drug-likeness (QED) is 0.470. The Morgan fingerprint density at radius 3 is 2.32 bits per heavy atom. The van der Waals surface area contributed by atoms with Gasteiger partial charge >= 0.3 is 0 Å². The Bertz CT molecular complexity index is 563. The molecule has 0 bridgehead atoms. The molecule has 0 radical (unpaired) electrons. The lowest BCUT2D eigenvalue weighted by atomic mass is 10.2. The minimum Gasteiger partial charge on any atom is -0.343 e. The lowest BCUT2D eigenvalue weighted by molar-refractivity contribution is -0.384. The monoisotopic (exact) mass is 305 g/mol. The zero-order valence-electron chi connectivity index (χ0n) is 12.6. The molecule has 0 aliphatic carbocycles. The Morgan fingerprint density at radius 2 is 1.82 bits per heavy atom. The zero-order valence-corrected chi connectivity index (χ0v) is 12.6. The maximum absolute atomic E-state index is 11.7. The maximum atomic E-state index is 11.7. The number of carbonyl (C=O) groups excluding carboxylic acids is 2. The molecule has 0 spiro atoms. The van der Waals surface area contributed by atoms with Crippen molar-refractivity contribution in [2.24, 2.45) is 0 Å². The van der Waals surface area contributed by atoms with Crippen molar-refractivity contribution in [1.82, 2.24) is 10.2 Å². The first-order valence-corrected chi connectivity index (χ1v) is 6.96. The van der Waals surface area contributed by atoms with E-state index in [1.54, 1.807) is 17.0 Å². The van der Waals surface area contributed by atoms with Crippen LogP contribution in [0, 0.1) is 10.1 Å². The van der Waals surface area contributed by atoms with Crippen LogP contribution in [0.25, 0.3) is 6.08 Å². The molecule has 0 heterocycles. The standard InChI is InChI=1S/C15H19N3O4/c1-3-17(4-2)15(20)11-16-14(19)10-7-12-5-8-13(9-6-12)18(21)22/h5-10H,3-4,11H2,1-2H3,(H,16,19)/b10-7+. The SMILES string of the molecule is CCN(CC)C(=O)CNC(=O)/C=C/c1ccc([N+](=O)[O-])cc1. The lowest BCUT2D eigenvalue weighted by Gasteiger charge is -2.18. The van der Waals surface area contributed by atoms with E-state index in [0.29, 0.717) is 18.7 Å². The summed E-state index contributed by atoms with van der Waals surface area (Å²) < 4.78 is 0. The molecule has 118 valence electrons. The van der Waals surface area contributed by atoms with Crippen LogP contribution in [0.2, 0.25) is 0 Å². The maximum Gasteiger partial charge on any atom is 0.269 e. The van der Waals surface area contributed by atoms with Crippen LogP contribution < -0.4 is 5.32 Å². The number of hydrogen-bond donors (Lipinski definition) is 1. The first kappa shape index (κ1) is 17.4. The van der Waals surface area contributed by atoms with Crippen LogP contribution in [0.4, 0.5) is 5.69 Å². The summed E-state index contributed by atoms with van der Waals surface area (Å²) in [5, 5.41) is 13.0. The average molecular weight is 305 g/mol. The van der Waals surface area contributed by atoms with Gasteiger partial charge in [0.2, 0.25) is 11.8 Å². The zero-order chi connectivity index (χ0) is 16.5. The highest BCUT2D eigenvalue weighted by molar-refractivity contribution is 5.94. The van der Waals surface area contributed by atoms with Crippen LogP contribution in [0.5, 0.6) is 0 Å².